The molecule has 2 aromatic heterocycles. The van der Waals surface area contributed by atoms with E-state index < -0.39 is 0 Å². The first-order chi connectivity index (χ1) is 11.6. The highest BCUT2D eigenvalue weighted by atomic mass is 32.1. The number of rotatable bonds is 2. The molecule has 6 heteroatoms. The molecule has 118 valence electrons. The van der Waals surface area contributed by atoms with Crippen LogP contribution in [-0.2, 0) is 9.59 Å². The van der Waals surface area contributed by atoms with E-state index in [4.69, 9.17) is 0 Å². The highest BCUT2D eigenvalue weighted by Crippen LogP contribution is 2.40. The van der Waals surface area contributed by atoms with E-state index in [1.807, 2.05) is 31.2 Å². The summed E-state index contributed by atoms with van der Waals surface area (Å²) in [4.78, 5) is 28.7. The fourth-order valence-corrected chi connectivity index (χ4v) is 4.57. The van der Waals surface area contributed by atoms with Crippen LogP contribution in [-0.4, -0.2) is 11.8 Å². The number of aryl methyl sites for hydroxylation is 1. The summed E-state index contributed by atoms with van der Waals surface area (Å²) in [6.45, 7) is 3.77. The third-order valence-corrected chi connectivity index (χ3v) is 5.80. The van der Waals surface area contributed by atoms with Crippen LogP contribution in [0.2, 0.25) is 0 Å². The lowest BCUT2D eigenvalue weighted by atomic mass is 10.1. The molecule has 2 N–H and O–H groups in total. The molecule has 0 saturated heterocycles. The molecule has 0 bridgehead atoms. The fraction of sp³-hybridized carbons (Fsp3) is 0.111. The molecule has 4 rings (SSSR count). The molecule has 24 heavy (non-hydrogen) atoms. The van der Waals surface area contributed by atoms with Gasteiger partial charge in [0.05, 0.1) is 37.2 Å². The van der Waals surface area contributed by atoms with E-state index >= 15 is 0 Å². The Morgan fingerprint density at radius 3 is 2.00 bits per heavy atom. The van der Waals surface area contributed by atoms with Crippen LogP contribution in [0.25, 0.3) is 11.4 Å². The monoisotopic (exact) mass is 352 g/mol. The summed E-state index contributed by atoms with van der Waals surface area (Å²) in [7, 11) is 0. The highest BCUT2D eigenvalue weighted by Gasteiger charge is 2.41. The second-order valence-electron chi connectivity index (χ2n) is 5.36. The van der Waals surface area contributed by atoms with Crippen molar-refractivity contribution in [3.8, 4) is 11.8 Å². The largest absolute Gasteiger partial charge is 0.320 e. The highest BCUT2D eigenvalue weighted by molar-refractivity contribution is 7.14. The third kappa shape index (κ3) is 2.21. The maximum Gasteiger partial charge on any atom is 0.258 e. The number of carbonyl (C=O) groups excluding carboxylic acids is 2. The minimum atomic E-state index is -0.240. The van der Waals surface area contributed by atoms with Gasteiger partial charge >= 0.3 is 0 Å². The smallest absolute Gasteiger partial charge is 0.258 e. The molecule has 0 unspecified atom stereocenters. The Kier molecular flexibility index (Phi) is 3.41. The molecule has 4 heterocycles. The van der Waals surface area contributed by atoms with Crippen molar-refractivity contribution in [2.24, 2.45) is 0 Å². The number of amides is 2. The maximum atomic E-state index is 12.5. The molecule has 0 aliphatic carbocycles. The summed E-state index contributed by atoms with van der Waals surface area (Å²) in [5.41, 5.74) is 2.04. The van der Waals surface area contributed by atoms with Crippen LogP contribution in [0.3, 0.4) is 0 Å². The van der Waals surface area contributed by atoms with Crippen LogP contribution in [0.15, 0.2) is 35.4 Å². The summed E-state index contributed by atoms with van der Waals surface area (Å²) in [5, 5.41) is 5.71. The van der Waals surface area contributed by atoms with Crippen molar-refractivity contribution in [1.29, 1.82) is 0 Å². The Morgan fingerprint density at radius 2 is 1.46 bits per heavy atom. The van der Waals surface area contributed by atoms with E-state index in [9.17, 15) is 9.59 Å². The summed E-state index contributed by atoms with van der Waals surface area (Å²) < 4.78 is 0. The van der Waals surface area contributed by atoms with Crippen molar-refractivity contribution in [3.63, 3.8) is 0 Å². The lowest BCUT2D eigenvalue weighted by Gasteiger charge is -2.03. The van der Waals surface area contributed by atoms with Crippen molar-refractivity contribution in [1.82, 2.24) is 10.6 Å². The molecule has 0 atom stereocenters. The Hall–Kier alpha value is -2.62. The van der Waals surface area contributed by atoms with Crippen molar-refractivity contribution in [2.45, 2.75) is 13.8 Å². The standard InChI is InChI=1S/C18H12N2O2S2/c1-3-4-10-6-8-12(24-10)16-14-13(17(21)20-16)15(19-18(14)22)11-7-5-9(2)23-11/h5-8H,1-2H3,(H,19,22)(H,20,21). The predicted molar refractivity (Wildman–Crippen MR) is 96.1 cm³/mol. The molecule has 2 aliphatic rings. The first-order valence-electron chi connectivity index (χ1n) is 7.30. The number of carbonyl (C=O) groups is 2. The van der Waals surface area contributed by atoms with E-state index in [0.717, 1.165) is 19.5 Å². The summed E-state index contributed by atoms with van der Waals surface area (Å²) >= 11 is 3.02. The van der Waals surface area contributed by atoms with E-state index in [1.165, 1.54) is 11.3 Å². The quantitative estimate of drug-likeness (QED) is 0.817. The van der Waals surface area contributed by atoms with Gasteiger partial charge in [0, 0.05) is 4.88 Å². The van der Waals surface area contributed by atoms with Crippen LogP contribution in [0, 0.1) is 18.8 Å². The molecule has 4 nitrogen and oxygen atoms in total. The average Bonchev–Trinajstić information content (AvgIpc) is 3.28. The second kappa shape index (κ2) is 5.48. The summed E-state index contributed by atoms with van der Waals surface area (Å²) in [6.07, 6.45) is 0. The number of fused-ring (bicyclic) bond motifs is 1. The molecule has 0 radical (unpaired) electrons. The zero-order valence-electron chi connectivity index (χ0n) is 12.9. The zero-order valence-corrected chi connectivity index (χ0v) is 14.6. The van der Waals surface area contributed by atoms with Gasteiger partial charge < -0.3 is 10.6 Å². The van der Waals surface area contributed by atoms with Crippen LogP contribution in [0.4, 0.5) is 0 Å². The molecule has 0 fully saturated rings. The SMILES string of the molecule is CC#Cc1ccc(C2=C3C(=O)NC(c4ccc(C)s4)=C3C(=O)N2)s1. The van der Waals surface area contributed by atoms with Crippen molar-refractivity contribution >= 4 is 45.9 Å². The van der Waals surface area contributed by atoms with Crippen LogP contribution >= 0.6 is 22.7 Å². The topological polar surface area (TPSA) is 58.2 Å². The van der Waals surface area contributed by atoms with Crippen LogP contribution in [0.1, 0.15) is 26.4 Å². The van der Waals surface area contributed by atoms with Gasteiger partial charge in [-0.3, -0.25) is 9.59 Å². The fourth-order valence-electron chi connectivity index (χ4n) is 2.78. The van der Waals surface area contributed by atoms with E-state index in [2.05, 4.69) is 22.5 Å². The predicted octanol–water partition coefficient (Wildman–Crippen LogP) is 2.87. The second-order valence-corrected chi connectivity index (χ2v) is 7.73. The number of thiophene rings is 2. The van der Waals surface area contributed by atoms with Gasteiger partial charge in [-0.1, -0.05) is 5.92 Å². The van der Waals surface area contributed by atoms with Gasteiger partial charge in [-0.15, -0.1) is 28.6 Å². The molecular weight excluding hydrogens is 340 g/mol. The number of nitrogens with one attached hydrogen (secondary N) is 2. The molecule has 2 aromatic rings. The lowest BCUT2D eigenvalue weighted by Crippen LogP contribution is -2.20. The van der Waals surface area contributed by atoms with Gasteiger partial charge in [0.1, 0.15) is 0 Å². The molecule has 0 spiro atoms. The van der Waals surface area contributed by atoms with Gasteiger partial charge in [-0.05, 0) is 38.1 Å². The number of hydrogen-bond acceptors (Lipinski definition) is 4. The van der Waals surface area contributed by atoms with Gasteiger partial charge in [-0.2, -0.15) is 0 Å². The Labute approximate surface area is 146 Å². The first kappa shape index (κ1) is 14.9. The maximum absolute atomic E-state index is 12.5. The Morgan fingerprint density at radius 1 is 0.875 bits per heavy atom. The van der Waals surface area contributed by atoms with Crippen molar-refractivity contribution in [3.05, 3.63) is 54.9 Å². The molecule has 2 aliphatic heterocycles. The van der Waals surface area contributed by atoms with Gasteiger partial charge in [0.2, 0.25) is 0 Å². The first-order valence-corrected chi connectivity index (χ1v) is 8.93. The van der Waals surface area contributed by atoms with Crippen molar-refractivity contribution in [2.75, 3.05) is 0 Å². The van der Waals surface area contributed by atoms with Crippen LogP contribution in [0.5, 0.6) is 0 Å². The van der Waals surface area contributed by atoms with Crippen LogP contribution < -0.4 is 10.6 Å². The third-order valence-electron chi connectivity index (χ3n) is 3.77. The molecule has 0 saturated carbocycles. The van der Waals surface area contributed by atoms with E-state index in [1.54, 1.807) is 18.3 Å². The minimum absolute atomic E-state index is 0.240. The van der Waals surface area contributed by atoms with Gasteiger partial charge in [0.15, 0.2) is 0 Å². The Bertz CT molecular complexity index is 1020. The summed E-state index contributed by atoms with van der Waals surface area (Å²) in [6, 6.07) is 7.69. The minimum Gasteiger partial charge on any atom is -0.320 e. The summed E-state index contributed by atoms with van der Waals surface area (Å²) in [5.74, 6) is 5.37. The van der Waals surface area contributed by atoms with Crippen molar-refractivity contribution < 1.29 is 9.59 Å². The molecule has 2 amide bonds. The lowest BCUT2D eigenvalue weighted by molar-refractivity contribution is -0.117. The molecule has 0 aromatic carbocycles. The average molecular weight is 352 g/mol. The van der Waals surface area contributed by atoms with Gasteiger partial charge in [0.25, 0.3) is 11.8 Å². The van der Waals surface area contributed by atoms with E-state index in [-0.39, 0.29) is 11.8 Å². The zero-order chi connectivity index (χ0) is 16.8. The van der Waals surface area contributed by atoms with Gasteiger partial charge in [-0.25, -0.2) is 0 Å². The Balaban J connectivity index is 1.87. The normalized spacial score (nSPS) is 16.1. The van der Waals surface area contributed by atoms with E-state index in [0.29, 0.717) is 22.5 Å². The molecular formula is C18H12N2O2S2. The number of hydrogen-bond donors (Lipinski definition) is 2.